The van der Waals surface area contributed by atoms with E-state index in [1.165, 1.54) is 11.1 Å². The summed E-state index contributed by atoms with van der Waals surface area (Å²) in [5.74, 6) is 0.876. The Morgan fingerprint density at radius 2 is 1.73 bits per heavy atom. The van der Waals surface area contributed by atoms with Crippen LogP contribution >= 0.6 is 0 Å². The number of nitrogens with zero attached hydrogens (tertiary/aromatic N) is 2. The molecular weight excluding hydrogens is 322 g/mol. The van der Waals surface area contributed by atoms with Crippen LogP contribution in [0.2, 0.25) is 0 Å². The molecule has 1 heterocycles. The first-order chi connectivity index (χ1) is 12.7. The van der Waals surface area contributed by atoms with Gasteiger partial charge in [-0.1, -0.05) is 42.5 Å². The third-order valence-electron chi connectivity index (χ3n) is 5.21. The highest BCUT2D eigenvalue weighted by molar-refractivity contribution is 5.27. The Labute approximate surface area is 156 Å². The Bertz CT molecular complexity index is 713. The van der Waals surface area contributed by atoms with Crippen LogP contribution in [0.4, 0.5) is 0 Å². The molecule has 1 saturated heterocycles. The number of benzene rings is 2. The van der Waals surface area contributed by atoms with Crippen molar-refractivity contribution < 1.29 is 4.74 Å². The van der Waals surface area contributed by atoms with Gasteiger partial charge in [0, 0.05) is 26.2 Å². The zero-order valence-corrected chi connectivity index (χ0v) is 15.4. The monoisotopic (exact) mass is 349 g/mol. The van der Waals surface area contributed by atoms with Crippen LogP contribution in [-0.4, -0.2) is 37.2 Å². The standard InChI is InChI=1S/C22H27N3O/c1-26-21-9-7-19(8-10-21)11-14-24-22(18-23)12-15-25(16-13-22)17-20-5-3-2-4-6-20/h2-10,24H,11-17H2,1H3. The van der Waals surface area contributed by atoms with E-state index in [2.05, 4.69) is 52.7 Å². The minimum atomic E-state index is -0.389. The molecule has 136 valence electrons. The zero-order chi connectivity index (χ0) is 18.2. The summed E-state index contributed by atoms with van der Waals surface area (Å²) >= 11 is 0. The van der Waals surface area contributed by atoms with Crippen LogP contribution in [0.5, 0.6) is 5.75 Å². The van der Waals surface area contributed by atoms with Crippen molar-refractivity contribution in [1.82, 2.24) is 10.2 Å². The predicted octanol–water partition coefficient (Wildman–Crippen LogP) is 3.39. The number of hydrogen-bond donors (Lipinski definition) is 1. The summed E-state index contributed by atoms with van der Waals surface area (Å²) in [7, 11) is 1.68. The van der Waals surface area contributed by atoms with Gasteiger partial charge in [-0.05, 0) is 42.5 Å². The molecule has 4 heteroatoms. The van der Waals surface area contributed by atoms with Crippen molar-refractivity contribution in [1.29, 1.82) is 5.26 Å². The van der Waals surface area contributed by atoms with Crippen LogP contribution in [0.1, 0.15) is 24.0 Å². The lowest BCUT2D eigenvalue weighted by atomic mass is 9.88. The second kappa shape index (κ2) is 8.84. The van der Waals surface area contributed by atoms with Crippen molar-refractivity contribution in [3.63, 3.8) is 0 Å². The summed E-state index contributed by atoms with van der Waals surface area (Å²) in [4.78, 5) is 2.44. The summed E-state index contributed by atoms with van der Waals surface area (Å²) in [6.07, 6.45) is 2.67. The maximum Gasteiger partial charge on any atom is 0.118 e. The van der Waals surface area contributed by atoms with Gasteiger partial charge in [-0.3, -0.25) is 10.2 Å². The number of likely N-dealkylation sites (tertiary alicyclic amines) is 1. The van der Waals surface area contributed by atoms with Crippen LogP contribution in [-0.2, 0) is 13.0 Å². The molecule has 1 aliphatic heterocycles. The van der Waals surface area contributed by atoms with Crippen molar-refractivity contribution in [3.8, 4) is 11.8 Å². The second-order valence-corrected chi connectivity index (χ2v) is 6.98. The largest absolute Gasteiger partial charge is 0.497 e. The number of hydrogen-bond acceptors (Lipinski definition) is 4. The molecule has 0 atom stereocenters. The Kier molecular flexibility index (Phi) is 6.27. The van der Waals surface area contributed by atoms with Crippen LogP contribution in [0.25, 0.3) is 0 Å². The number of rotatable bonds is 7. The Hall–Kier alpha value is -2.35. The molecule has 0 saturated carbocycles. The Balaban J connectivity index is 1.47. The fourth-order valence-electron chi connectivity index (χ4n) is 3.50. The maximum absolute atomic E-state index is 9.74. The minimum absolute atomic E-state index is 0.389. The lowest BCUT2D eigenvalue weighted by Gasteiger charge is -2.38. The van der Waals surface area contributed by atoms with Gasteiger partial charge in [0.2, 0.25) is 0 Å². The number of piperidine rings is 1. The van der Waals surface area contributed by atoms with E-state index < -0.39 is 0 Å². The molecule has 3 rings (SSSR count). The van der Waals surface area contributed by atoms with Crippen LogP contribution in [0, 0.1) is 11.3 Å². The van der Waals surface area contributed by atoms with Gasteiger partial charge in [-0.15, -0.1) is 0 Å². The minimum Gasteiger partial charge on any atom is -0.497 e. The fourth-order valence-corrected chi connectivity index (χ4v) is 3.50. The Morgan fingerprint density at radius 1 is 1.04 bits per heavy atom. The zero-order valence-electron chi connectivity index (χ0n) is 15.4. The van der Waals surface area contributed by atoms with E-state index in [4.69, 9.17) is 4.74 Å². The van der Waals surface area contributed by atoms with Gasteiger partial charge in [0.05, 0.1) is 13.2 Å². The summed E-state index contributed by atoms with van der Waals surface area (Å²) in [5, 5.41) is 13.3. The highest BCUT2D eigenvalue weighted by Crippen LogP contribution is 2.23. The van der Waals surface area contributed by atoms with Crippen molar-refractivity contribution in [2.24, 2.45) is 0 Å². The summed E-state index contributed by atoms with van der Waals surface area (Å²) < 4.78 is 5.19. The molecule has 1 fully saturated rings. The van der Waals surface area contributed by atoms with E-state index in [0.29, 0.717) is 0 Å². The molecule has 2 aromatic rings. The molecule has 26 heavy (non-hydrogen) atoms. The predicted molar refractivity (Wildman–Crippen MR) is 104 cm³/mol. The molecule has 4 nitrogen and oxygen atoms in total. The molecule has 0 bridgehead atoms. The molecule has 0 aliphatic carbocycles. The lowest BCUT2D eigenvalue weighted by molar-refractivity contribution is 0.161. The van der Waals surface area contributed by atoms with Crippen molar-refractivity contribution >= 4 is 0 Å². The van der Waals surface area contributed by atoms with Gasteiger partial charge in [-0.25, -0.2) is 0 Å². The third kappa shape index (κ3) is 4.85. The van der Waals surface area contributed by atoms with Gasteiger partial charge in [0.15, 0.2) is 0 Å². The number of ether oxygens (including phenoxy) is 1. The SMILES string of the molecule is COc1ccc(CCNC2(C#N)CCN(Cc3ccccc3)CC2)cc1. The van der Waals surface area contributed by atoms with E-state index in [1.807, 2.05) is 18.2 Å². The highest BCUT2D eigenvalue weighted by atomic mass is 16.5. The van der Waals surface area contributed by atoms with Gasteiger partial charge in [0.25, 0.3) is 0 Å². The van der Waals surface area contributed by atoms with Crippen LogP contribution in [0.3, 0.4) is 0 Å². The second-order valence-electron chi connectivity index (χ2n) is 6.98. The van der Waals surface area contributed by atoms with Gasteiger partial charge in [0.1, 0.15) is 11.3 Å². The topological polar surface area (TPSA) is 48.3 Å². The summed E-state index contributed by atoms with van der Waals surface area (Å²) in [6, 6.07) is 21.2. The molecule has 0 unspecified atom stereocenters. The first kappa shape index (κ1) is 18.4. The van der Waals surface area contributed by atoms with Gasteiger partial charge < -0.3 is 4.74 Å². The molecule has 0 amide bonds. The normalized spacial score (nSPS) is 16.8. The van der Waals surface area contributed by atoms with Gasteiger partial charge >= 0.3 is 0 Å². The van der Waals surface area contributed by atoms with E-state index in [0.717, 1.165) is 51.2 Å². The van der Waals surface area contributed by atoms with Crippen LogP contribution in [0.15, 0.2) is 54.6 Å². The first-order valence-electron chi connectivity index (χ1n) is 9.28. The highest BCUT2D eigenvalue weighted by Gasteiger charge is 2.33. The molecule has 2 aromatic carbocycles. The van der Waals surface area contributed by atoms with E-state index in [9.17, 15) is 5.26 Å². The molecule has 0 spiro atoms. The number of methoxy groups -OCH3 is 1. The average Bonchev–Trinajstić information content (AvgIpc) is 2.71. The maximum atomic E-state index is 9.74. The number of nitrogens with one attached hydrogen (secondary N) is 1. The first-order valence-corrected chi connectivity index (χ1v) is 9.28. The molecule has 0 radical (unpaired) electrons. The smallest absolute Gasteiger partial charge is 0.118 e. The van der Waals surface area contributed by atoms with Crippen LogP contribution < -0.4 is 10.1 Å². The number of nitriles is 1. The molecule has 1 aliphatic rings. The molecule has 0 aromatic heterocycles. The average molecular weight is 349 g/mol. The van der Waals surface area contributed by atoms with E-state index in [1.54, 1.807) is 7.11 Å². The fraction of sp³-hybridized carbons (Fsp3) is 0.409. The van der Waals surface area contributed by atoms with Crippen molar-refractivity contribution in [2.45, 2.75) is 31.3 Å². The summed E-state index contributed by atoms with van der Waals surface area (Å²) in [5.41, 5.74) is 2.21. The molecular formula is C22H27N3O. The van der Waals surface area contributed by atoms with Crippen molar-refractivity contribution in [3.05, 3.63) is 65.7 Å². The summed E-state index contributed by atoms with van der Waals surface area (Å²) in [6.45, 7) is 3.70. The van der Waals surface area contributed by atoms with Gasteiger partial charge in [-0.2, -0.15) is 5.26 Å². The lowest BCUT2D eigenvalue weighted by Crippen LogP contribution is -2.52. The van der Waals surface area contributed by atoms with Crippen molar-refractivity contribution in [2.75, 3.05) is 26.7 Å². The van der Waals surface area contributed by atoms with E-state index in [-0.39, 0.29) is 5.54 Å². The van der Waals surface area contributed by atoms with E-state index >= 15 is 0 Å². The quantitative estimate of drug-likeness (QED) is 0.832. The Morgan fingerprint density at radius 3 is 2.35 bits per heavy atom. The third-order valence-corrected chi connectivity index (χ3v) is 5.21. The molecule has 1 N–H and O–H groups in total.